The number of alkyl halides is 1. The molecule has 0 saturated heterocycles. The molecule has 0 bridgehead atoms. The minimum atomic E-state index is -0.251. The van der Waals surface area contributed by atoms with E-state index in [0.717, 1.165) is 31.4 Å². The number of carbonyl (C=O) groups excluding carboxylic acids is 1. The SMILES string of the molecule is CCc1occc1C(=O)NC1(CCl)CCCC(C)C1. The molecule has 1 aromatic heterocycles. The number of halogens is 1. The lowest BCUT2D eigenvalue weighted by Gasteiger charge is -2.39. The van der Waals surface area contributed by atoms with Gasteiger partial charge in [0.25, 0.3) is 5.91 Å². The molecule has 1 amide bonds. The van der Waals surface area contributed by atoms with E-state index in [1.165, 1.54) is 6.42 Å². The fourth-order valence-electron chi connectivity index (χ4n) is 3.05. The van der Waals surface area contributed by atoms with Gasteiger partial charge in [-0.2, -0.15) is 0 Å². The van der Waals surface area contributed by atoms with E-state index >= 15 is 0 Å². The molecule has 2 atom stereocenters. The van der Waals surface area contributed by atoms with Gasteiger partial charge in [-0.15, -0.1) is 11.6 Å². The molecule has 4 heteroatoms. The summed E-state index contributed by atoms with van der Waals surface area (Å²) in [5.74, 6) is 1.77. The second-order valence-electron chi connectivity index (χ2n) is 5.68. The van der Waals surface area contributed by atoms with Crippen molar-refractivity contribution in [1.29, 1.82) is 0 Å². The lowest BCUT2D eigenvalue weighted by molar-refractivity contribution is 0.0865. The van der Waals surface area contributed by atoms with Crippen molar-refractivity contribution >= 4 is 17.5 Å². The lowest BCUT2D eigenvalue weighted by Crippen LogP contribution is -2.52. The minimum Gasteiger partial charge on any atom is -0.469 e. The van der Waals surface area contributed by atoms with Crippen LogP contribution in [0.4, 0.5) is 0 Å². The molecule has 1 heterocycles. The van der Waals surface area contributed by atoms with Gasteiger partial charge >= 0.3 is 0 Å². The Labute approximate surface area is 119 Å². The van der Waals surface area contributed by atoms with Crippen LogP contribution in [0.2, 0.25) is 0 Å². The van der Waals surface area contributed by atoms with Crippen molar-refractivity contribution in [3.8, 4) is 0 Å². The summed E-state index contributed by atoms with van der Waals surface area (Å²) >= 11 is 6.14. The Hall–Kier alpha value is -0.960. The maximum atomic E-state index is 12.4. The van der Waals surface area contributed by atoms with Gasteiger partial charge in [-0.25, -0.2) is 0 Å². The van der Waals surface area contributed by atoms with Gasteiger partial charge in [0.15, 0.2) is 0 Å². The largest absolute Gasteiger partial charge is 0.469 e. The fourth-order valence-corrected chi connectivity index (χ4v) is 3.36. The quantitative estimate of drug-likeness (QED) is 0.855. The zero-order valence-corrected chi connectivity index (χ0v) is 12.4. The van der Waals surface area contributed by atoms with Gasteiger partial charge in [0.05, 0.1) is 17.4 Å². The van der Waals surface area contributed by atoms with Crippen LogP contribution in [0.1, 0.15) is 55.6 Å². The van der Waals surface area contributed by atoms with E-state index in [2.05, 4.69) is 12.2 Å². The Kier molecular flexibility index (Phi) is 4.56. The van der Waals surface area contributed by atoms with Gasteiger partial charge < -0.3 is 9.73 Å². The summed E-state index contributed by atoms with van der Waals surface area (Å²) in [5, 5.41) is 3.16. The second kappa shape index (κ2) is 6.00. The molecule has 0 spiro atoms. The first-order valence-electron chi connectivity index (χ1n) is 7.05. The van der Waals surface area contributed by atoms with E-state index in [4.69, 9.17) is 16.0 Å². The Morgan fingerprint density at radius 2 is 2.42 bits per heavy atom. The molecule has 1 fully saturated rings. The summed E-state index contributed by atoms with van der Waals surface area (Å²) in [7, 11) is 0. The van der Waals surface area contributed by atoms with Crippen LogP contribution in [0.3, 0.4) is 0 Å². The first-order valence-corrected chi connectivity index (χ1v) is 7.58. The van der Waals surface area contributed by atoms with Crippen LogP contribution in [0.5, 0.6) is 0 Å². The number of carbonyl (C=O) groups is 1. The maximum Gasteiger partial charge on any atom is 0.255 e. The van der Waals surface area contributed by atoms with Crippen molar-refractivity contribution in [2.75, 3.05) is 5.88 Å². The molecule has 19 heavy (non-hydrogen) atoms. The topological polar surface area (TPSA) is 42.2 Å². The zero-order chi connectivity index (χ0) is 13.9. The van der Waals surface area contributed by atoms with Gasteiger partial charge in [-0.3, -0.25) is 4.79 Å². The third-order valence-corrected chi connectivity index (χ3v) is 4.55. The van der Waals surface area contributed by atoms with Crippen LogP contribution >= 0.6 is 11.6 Å². The van der Waals surface area contributed by atoms with E-state index < -0.39 is 0 Å². The molecule has 1 saturated carbocycles. The van der Waals surface area contributed by atoms with E-state index in [9.17, 15) is 4.79 Å². The Bertz CT molecular complexity index is 443. The molecule has 0 aliphatic heterocycles. The predicted molar refractivity (Wildman–Crippen MR) is 76.6 cm³/mol. The number of hydrogen-bond donors (Lipinski definition) is 1. The average molecular weight is 284 g/mol. The third kappa shape index (κ3) is 3.14. The highest BCUT2D eigenvalue weighted by Crippen LogP contribution is 2.33. The molecule has 1 aromatic rings. The average Bonchev–Trinajstić information content (AvgIpc) is 2.87. The molecule has 2 rings (SSSR count). The van der Waals surface area contributed by atoms with E-state index in [-0.39, 0.29) is 11.4 Å². The van der Waals surface area contributed by atoms with Crippen LogP contribution in [-0.2, 0) is 6.42 Å². The van der Waals surface area contributed by atoms with Crippen molar-refractivity contribution in [3.63, 3.8) is 0 Å². The van der Waals surface area contributed by atoms with Gasteiger partial charge in [0.1, 0.15) is 5.76 Å². The zero-order valence-electron chi connectivity index (χ0n) is 11.7. The molecule has 0 aromatic carbocycles. The first kappa shape index (κ1) is 14.4. The molecular weight excluding hydrogens is 262 g/mol. The number of nitrogens with one attached hydrogen (secondary N) is 1. The smallest absolute Gasteiger partial charge is 0.255 e. The van der Waals surface area contributed by atoms with Crippen molar-refractivity contribution in [1.82, 2.24) is 5.32 Å². The molecule has 2 unspecified atom stereocenters. The van der Waals surface area contributed by atoms with Gasteiger partial charge in [0.2, 0.25) is 0 Å². The monoisotopic (exact) mass is 283 g/mol. The fraction of sp³-hybridized carbons (Fsp3) is 0.667. The lowest BCUT2D eigenvalue weighted by atomic mass is 9.77. The molecule has 1 aliphatic rings. The molecule has 0 radical (unpaired) electrons. The Morgan fingerprint density at radius 3 is 3.05 bits per heavy atom. The van der Waals surface area contributed by atoms with Crippen molar-refractivity contribution in [2.45, 2.75) is 51.5 Å². The highest BCUT2D eigenvalue weighted by atomic mass is 35.5. The minimum absolute atomic E-state index is 0.0552. The summed E-state index contributed by atoms with van der Waals surface area (Å²) < 4.78 is 5.32. The molecule has 106 valence electrons. The highest BCUT2D eigenvalue weighted by Gasteiger charge is 2.36. The van der Waals surface area contributed by atoms with Crippen LogP contribution < -0.4 is 5.32 Å². The van der Waals surface area contributed by atoms with Gasteiger partial charge in [0, 0.05) is 12.3 Å². The number of rotatable bonds is 4. The van der Waals surface area contributed by atoms with Gasteiger partial charge in [-0.1, -0.05) is 26.7 Å². The van der Waals surface area contributed by atoms with Gasteiger partial charge in [-0.05, 0) is 24.8 Å². The number of aryl methyl sites for hydroxylation is 1. The summed E-state index contributed by atoms with van der Waals surface area (Å²) in [4.78, 5) is 12.4. The van der Waals surface area contributed by atoms with Crippen LogP contribution in [0.25, 0.3) is 0 Å². The second-order valence-corrected chi connectivity index (χ2v) is 5.95. The third-order valence-electron chi connectivity index (χ3n) is 4.04. The standard InChI is InChI=1S/C15H22ClNO2/c1-3-13-12(6-8-19-13)14(18)17-15(10-16)7-4-5-11(2)9-15/h6,8,11H,3-5,7,9-10H2,1-2H3,(H,17,18). The summed E-state index contributed by atoms with van der Waals surface area (Å²) in [6.07, 6.45) is 6.57. The van der Waals surface area contributed by atoms with Crippen LogP contribution in [-0.4, -0.2) is 17.3 Å². The highest BCUT2D eigenvalue weighted by molar-refractivity contribution is 6.19. The van der Waals surface area contributed by atoms with E-state index in [1.807, 2.05) is 6.92 Å². The van der Waals surface area contributed by atoms with Crippen molar-refractivity contribution in [2.24, 2.45) is 5.92 Å². The van der Waals surface area contributed by atoms with Crippen LogP contribution in [0.15, 0.2) is 16.7 Å². The number of hydrogen-bond acceptors (Lipinski definition) is 2. The summed E-state index contributed by atoms with van der Waals surface area (Å²) in [6.45, 7) is 4.21. The van der Waals surface area contributed by atoms with Crippen LogP contribution in [0, 0.1) is 5.92 Å². The normalized spacial score (nSPS) is 27.2. The predicted octanol–water partition coefficient (Wildman–Crippen LogP) is 3.76. The van der Waals surface area contributed by atoms with E-state index in [0.29, 0.717) is 17.4 Å². The Morgan fingerprint density at radius 1 is 1.63 bits per heavy atom. The number of furan rings is 1. The Balaban J connectivity index is 2.12. The molecule has 1 aliphatic carbocycles. The van der Waals surface area contributed by atoms with Crippen molar-refractivity contribution < 1.29 is 9.21 Å². The molecule has 1 N–H and O–H groups in total. The maximum absolute atomic E-state index is 12.4. The number of amides is 1. The summed E-state index contributed by atoms with van der Waals surface area (Å²) in [5.41, 5.74) is 0.392. The molecule has 3 nitrogen and oxygen atoms in total. The molecular formula is C15H22ClNO2. The first-order chi connectivity index (χ1) is 9.10. The van der Waals surface area contributed by atoms with E-state index in [1.54, 1.807) is 12.3 Å². The van der Waals surface area contributed by atoms with Crippen molar-refractivity contribution in [3.05, 3.63) is 23.7 Å². The summed E-state index contributed by atoms with van der Waals surface area (Å²) in [6, 6.07) is 1.74.